The van der Waals surface area contributed by atoms with Crippen LogP contribution < -0.4 is 0 Å². The minimum Gasteiger partial charge on any atom is -0.393 e. The van der Waals surface area contributed by atoms with Gasteiger partial charge < -0.3 is 5.11 Å². The van der Waals surface area contributed by atoms with Crippen LogP contribution in [0.5, 0.6) is 0 Å². The van der Waals surface area contributed by atoms with Crippen molar-refractivity contribution in [3.8, 4) is 33.5 Å². The molecule has 7 heteroatoms. The average molecular weight is 533 g/mol. The molecule has 0 saturated carbocycles. The van der Waals surface area contributed by atoms with Gasteiger partial charge in [0.1, 0.15) is 11.6 Å². The highest BCUT2D eigenvalue weighted by molar-refractivity contribution is 6.05. The van der Waals surface area contributed by atoms with Crippen LogP contribution in [0, 0.1) is 11.6 Å². The Bertz CT molecular complexity index is 1740. The molecule has 1 N–H and O–H groups in total. The van der Waals surface area contributed by atoms with Gasteiger partial charge in [0.25, 0.3) is 0 Å². The second kappa shape index (κ2) is 11.2. The van der Waals surface area contributed by atoms with Crippen LogP contribution in [-0.2, 0) is 13.0 Å². The van der Waals surface area contributed by atoms with Crippen molar-refractivity contribution in [2.45, 2.75) is 25.5 Å². The smallest absolute Gasteiger partial charge is 0.182 e. The number of rotatable bonds is 8. The number of fused-ring (bicyclic) bond motifs is 1. The summed E-state index contributed by atoms with van der Waals surface area (Å²) in [5.41, 5.74) is 6.27. The Morgan fingerprint density at radius 1 is 0.725 bits per heavy atom. The molecule has 0 aliphatic rings. The molecule has 3 aromatic carbocycles. The zero-order valence-electron chi connectivity index (χ0n) is 21.6. The normalized spacial score (nSPS) is 12.1. The van der Waals surface area contributed by atoms with E-state index in [1.165, 1.54) is 24.3 Å². The van der Waals surface area contributed by atoms with Crippen LogP contribution in [0.4, 0.5) is 8.78 Å². The SMILES string of the molecule is OC(CCn1cc2c(-c3ccc(F)cc3)c(-c3ccncc3)c(-c3ccc(F)cc3)nc2n1)Cc1ccccc1. The molecule has 0 aliphatic heterocycles. The first-order valence-corrected chi connectivity index (χ1v) is 13.1. The van der Waals surface area contributed by atoms with E-state index in [-0.39, 0.29) is 11.6 Å². The molecule has 6 rings (SSSR count). The molecular weight excluding hydrogens is 506 g/mol. The van der Waals surface area contributed by atoms with Gasteiger partial charge in [0.15, 0.2) is 5.65 Å². The number of aliphatic hydroxyl groups excluding tert-OH is 1. The molecule has 6 aromatic rings. The van der Waals surface area contributed by atoms with Gasteiger partial charge in [0.05, 0.1) is 11.8 Å². The topological polar surface area (TPSA) is 63.8 Å². The molecule has 3 heterocycles. The van der Waals surface area contributed by atoms with Gasteiger partial charge in [-0.05, 0) is 78.1 Å². The van der Waals surface area contributed by atoms with E-state index in [0.717, 1.165) is 38.8 Å². The first kappa shape index (κ1) is 25.5. The number of halogens is 2. The maximum Gasteiger partial charge on any atom is 0.182 e. The third kappa shape index (κ3) is 5.37. The van der Waals surface area contributed by atoms with Gasteiger partial charge in [-0.2, -0.15) is 5.10 Å². The quantitative estimate of drug-likeness (QED) is 0.227. The van der Waals surface area contributed by atoms with Crippen LogP contribution in [-0.4, -0.2) is 31.0 Å². The summed E-state index contributed by atoms with van der Waals surface area (Å²) in [5, 5.41) is 16.2. The molecule has 3 aromatic heterocycles. The predicted octanol–water partition coefficient (Wildman–Crippen LogP) is 7.10. The molecule has 1 atom stereocenters. The van der Waals surface area contributed by atoms with Crippen LogP contribution >= 0.6 is 0 Å². The lowest BCUT2D eigenvalue weighted by molar-refractivity contribution is 0.157. The Morgan fingerprint density at radius 2 is 1.35 bits per heavy atom. The second-order valence-corrected chi connectivity index (χ2v) is 9.72. The van der Waals surface area contributed by atoms with Gasteiger partial charge >= 0.3 is 0 Å². The highest BCUT2D eigenvalue weighted by Gasteiger charge is 2.22. The number of aromatic nitrogens is 4. The largest absolute Gasteiger partial charge is 0.393 e. The van der Waals surface area contributed by atoms with E-state index < -0.39 is 6.10 Å². The van der Waals surface area contributed by atoms with Crippen LogP contribution in [0.2, 0.25) is 0 Å². The minimum atomic E-state index is -0.526. The Hall–Kier alpha value is -4.75. The predicted molar refractivity (Wildman–Crippen MR) is 152 cm³/mol. The number of hydrogen-bond acceptors (Lipinski definition) is 4. The van der Waals surface area contributed by atoms with Crippen molar-refractivity contribution in [3.05, 3.63) is 127 Å². The standard InChI is InChI=1S/C33H26F2N4O/c34-26-10-6-23(7-11-26)30-29-21-39(19-16-28(40)20-22-4-2-1-3-5-22)38-33(29)37-32(25-8-12-27(35)13-9-25)31(30)24-14-17-36-18-15-24/h1-15,17-18,21,28,40H,16,19-20H2. The monoisotopic (exact) mass is 532 g/mol. The van der Waals surface area contributed by atoms with E-state index in [1.54, 1.807) is 41.3 Å². The van der Waals surface area contributed by atoms with Crippen molar-refractivity contribution in [3.63, 3.8) is 0 Å². The van der Waals surface area contributed by atoms with E-state index in [9.17, 15) is 13.9 Å². The van der Waals surface area contributed by atoms with Gasteiger partial charge in [-0.3, -0.25) is 9.67 Å². The fourth-order valence-electron chi connectivity index (χ4n) is 5.00. The molecule has 0 amide bonds. The van der Waals surface area contributed by atoms with Crippen LogP contribution in [0.1, 0.15) is 12.0 Å². The molecule has 0 spiro atoms. The Kier molecular flexibility index (Phi) is 7.12. The lowest BCUT2D eigenvalue weighted by atomic mass is 9.90. The van der Waals surface area contributed by atoms with Crippen molar-refractivity contribution in [1.82, 2.24) is 19.7 Å². The molecule has 198 valence electrons. The van der Waals surface area contributed by atoms with Gasteiger partial charge in [-0.25, -0.2) is 13.8 Å². The number of benzene rings is 3. The Balaban J connectivity index is 1.49. The average Bonchev–Trinajstić information content (AvgIpc) is 3.40. The van der Waals surface area contributed by atoms with Crippen LogP contribution in [0.3, 0.4) is 0 Å². The van der Waals surface area contributed by atoms with Crippen LogP contribution in [0.15, 0.2) is 110 Å². The van der Waals surface area contributed by atoms with E-state index in [4.69, 9.17) is 10.1 Å². The van der Waals surface area contributed by atoms with Crippen molar-refractivity contribution in [2.24, 2.45) is 0 Å². The molecule has 0 fully saturated rings. The molecule has 5 nitrogen and oxygen atoms in total. The summed E-state index contributed by atoms with van der Waals surface area (Å²) in [6.07, 6.45) is 5.88. The van der Waals surface area contributed by atoms with Crippen molar-refractivity contribution < 1.29 is 13.9 Å². The van der Waals surface area contributed by atoms with E-state index >= 15 is 0 Å². The molecule has 1 unspecified atom stereocenters. The maximum absolute atomic E-state index is 14.0. The van der Waals surface area contributed by atoms with E-state index in [0.29, 0.717) is 30.7 Å². The van der Waals surface area contributed by atoms with Gasteiger partial charge in [0, 0.05) is 47.2 Å². The molecule has 0 radical (unpaired) electrons. The third-order valence-electron chi connectivity index (χ3n) is 6.94. The van der Waals surface area contributed by atoms with Crippen LogP contribution in [0.25, 0.3) is 44.5 Å². The summed E-state index contributed by atoms with van der Waals surface area (Å²) in [6.45, 7) is 0.490. The first-order valence-electron chi connectivity index (χ1n) is 13.1. The lowest BCUT2D eigenvalue weighted by Crippen LogP contribution is -2.14. The number of aliphatic hydroxyl groups is 1. The number of hydrogen-bond donors (Lipinski definition) is 1. The summed E-state index contributed by atoms with van der Waals surface area (Å²) in [6, 6.07) is 26.2. The zero-order valence-corrected chi connectivity index (χ0v) is 21.6. The summed E-state index contributed by atoms with van der Waals surface area (Å²) >= 11 is 0. The van der Waals surface area contributed by atoms with E-state index in [1.807, 2.05) is 48.7 Å². The fraction of sp³-hybridized carbons (Fsp3) is 0.121. The van der Waals surface area contributed by atoms with Gasteiger partial charge in [0.2, 0.25) is 0 Å². The molecule has 40 heavy (non-hydrogen) atoms. The fourth-order valence-corrected chi connectivity index (χ4v) is 5.00. The summed E-state index contributed by atoms with van der Waals surface area (Å²) in [5.74, 6) is -0.672. The van der Waals surface area contributed by atoms with Crippen molar-refractivity contribution in [2.75, 3.05) is 0 Å². The molecular formula is C33H26F2N4O. The van der Waals surface area contributed by atoms with Crippen molar-refractivity contribution >= 4 is 11.0 Å². The third-order valence-corrected chi connectivity index (χ3v) is 6.94. The highest BCUT2D eigenvalue weighted by Crippen LogP contribution is 2.43. The Morgan fingerprint density at radius 3 is 2.02 bits per heavy atom. The Labute approximate surface area is 230 Å². The molecule has 0 bridgehead atoms. The summed E-state index contributed by atoms with van der Waals surface area (Å²) in [4.78, 5) is 9.14. The number of pyridine rings is 2. The lowest BCUT2D eigenvalue weighted by Gasteiger charge is -2.16. The van der Waals surface area contributed by atoms with Crippen molar-refractivity contribution in [1.29, 1.82) is 0 Å². The second-order valence-electron chi connectivity index (χ2n) is 9.72. The molecule has 0 saturated heterocycles. The minimum absolute atomic E-state index is 0.332. The first-order chi connectivity index (χ1) is 19.5. The van der Waals surface area contributed by atoms with Gasteiger partial charge in [-0.15, -0.1) is 0 Å². The summed E-state index contributed by atoms with van der Waals surface area (Å²) in [7, 11) is 0. The number of nitrogens with zero attached hydrogens (tertiary/aromatic N) is 4. The number of aryl methyl sites for hydroxylation is 1. The zero-order chi connectivity index (χ0) is 27.5. The highest BCUT2D eigenvalue weighted by atomic mass is 19.1. The van der Waals surface area contributed by atoms with E-state index in [2.05, 4.69) is 4.98 Å². The van der Waals surface area contributed by atoms with Gasteiger partial charge in [-0.1, -0.05) is 42.5 Å². The maximum atomic E-state index is 14.0. The molecule has 0 aliphatic carbocycles. The summed E-state index contributed by atoms with van der Waals surface area (Å²) < 4.78 is 29.6.